The summed E-state index contributed by atoms with van der Waals surface area (Å²) in [7, 11) is 0. The Balaban J connectivity index is 1.36. The van der Waals surface area contributed by atoms with Crippen LogP contribution in [-0.4, -0.2) is 62.1 Å². The number of rotatable bonds is 3. The standard InChI is InChI=1S/C20H24ClN5O3/c21-16-6-4-5-15(13-16)19(28)24-11-9-23(10-12-24)18(27)14-26-20(29)25-8-3-1-2-7-17(25)22-26/h4-6,13H,1-3,7-12,14H2. The van der Waals surface area contributed by atoms with Crippen LogP contribution < -0.4 is 5.69 Å². The van der Waals surface area contributed by atoms with Crippen LogP contribution in [0.5, 0.6) is 0 Å². The van der Waals surface area contributed by atoms with E-state index in [1.54, 1.807) is 38.6 Å². The van der Waals surface area contributed by atoms with Crippen LogP contribution in [-0.2, 0) is 24.3 Å². The zero-order valence-corrected chi connectivity index (χ0v) is 17.0. The third-order valence-corrected chi connectivity index (χ3v) is 5.79. The SMILES string of the molecule is O=C(Cn1nc2n(c1=O)CCCCC2)N1CCN(C(=O)c2cccc(Cl)c2)CC1. The molecule has 4 rings (SSSR count). The largest absolute Gasteiger partial charge is 0.346 e. The summed E-state index contributed by atoms with van der Waals surface area (Å²) < 4.78 is 2.98. The zero-order valence-electron chi connectivity index (χ0n) is 16.2. The van der Waals surface area contributed by atoms with Crippen LogP contribution in [0.15, 0.2) is 29.1 Å². The maximum atomic E-state index is 12.7. The van der Waals surface area contributed by atoms with Gasteiger partial charge in [0.2, 0.25) is 5.91 Å². The smallest absolute Gasteiger partial charge is 0.338 e. The summed E-state index contributed by atoms with van der Waals surface area (Å²) in [6.07, 6.45) is 3.86. The van der Waals surface area contributed by atoms with Gasteiger partial charge < -0.3 is 9.80 Å². The van der Waals surface area contributed by atoms with Crippen molar-refractivity contribution in [1.29, 1.82) is 0 Å². The van der Waals surface area contributed by atoms with Crippen molar-refractivity contribution < 1.29 is 9.59 Å². The Kier molecular flexibility index (Phi) is 5.71. The number of fused-ring (bicyclic) bond motifs is 1. The molecular weight excluding hydrogens is 394 g/mol. The summed E-state index contributed by atoms with van der Waals surface area (Å²) in [5, 5.41) is 4.90. The first kappa shape index (κ1) is 19.7. The van der Waals surface area contributed by atoms with Gasteiger partial charge in [-0.2, -0.15) is 5.10 Å². The fraction of sp³-hybridized carbons (Fsp3) is 0.500. The Bertz CT molecular complexity index is 975. The number of piperazine rings is 1. The molecule has 2 aliphatic rings. The number of hydrogen-bond donors (Lipinski definition) is 0. The fourth-order valence-electron chi connectivity index (χ4n) is 3.92. The van der Waals surface area contributed by atoms with E-state index in [0.29, 0.717) is 43.3 Å². The van der Waals surface area contributed by atoms with Crippen molar-refractivity contribution in [2.75, 3.05) is 26.2 Å². The van der Waals surface area contributed by atoms with Gasteiger partial charge in [0.05, 0.1) is 0 Å². The quantitative estimate of drug-likeness (QED) is 0.756. The summed E-state index contributed by atoms with van der Waals surface area (Å²) in [5.41, 5.74) is 0.341. The van der Waals surface area contributed by atoms with E-state index in [1.165, 1.54) is 4.68 Å². The van der Waals surface area contributed by atoms with Crippen molar-refractivity contribution in [2.45, 2.75) is 38.8 Å². The lowest BCUT2D eigenvalue weighted by molar-refractivity contribution is -0.133. The number of nitrogens with zero attached hydrogens (tertiary/aromatic N) is 5. The molecule has 1 aromatic heterocycles. The van der Waals surface area contributed by atoms with Crippen LogP contribution >= 0.6 is 11.6 Å². The summed E-state index contributed by atoms with van der Waals surface area (Å²) in [6, 6.07) is 6.86. The van der Waals surface area contributed by atoms with Gasteiger partial charge in [-0.25, -0.2) is 9.48 Å². The molecule has 0 N–H and O–H groups in total. The molecule has 0 radical (unpaired) electrons. The van der Waals surface area contributed by atoms with E-state index in [-0.39, 0.29) is 24.0 Å². The number of benzene rings is 1. The van der Waals surface area contributed by atoms with Gasteiger partial charge in [0.1, 0.15) is 12.4 Å². The highest BCUT2D eigenvalue weighted by Gasteiger charge is 2.26. The molecule has 0 bridgehead atoms. The lowest BCUT2D eigenvalue weighted by atomic mass is 10.2. The normalized spacial score (nSPS) is 17.0. The molecule has 2 aromatic rings. The molecule has 0 spiro atoms. The molecular formula is C20H24ClN5O3. The van der Waals surface area contributed by atoms with Crippen molar-refractivity contribution >= 4 is 23.4 Å². The Morgan fingerprint density at radius 1 is 1.00 bits per heavy atom. The third-order valence-electron chi connectivity index (χ3n) is 5.56. The van der Waals surface area contributed by atoms with Crippen molar-refractivity contribution in [1.82, 2.24) is 24.1 Å². The van der Waals surface area contributed by atoms with Crippen LogP contribution in [0.4, 0.5) is 0 Å². The number of carbonyl (C=O) groups excluding carboxylic acids is 2. The van der Waals surface area contributed by atoms with Crippen molar-refractivity contribution in [2.24, 2.45) is 0 Å². The number of aryl methyl sites for hydroxylation is 1. The number of carbonyl (C=O) groups is 2. The van der Waals surface area contributed by atoms with Crippen LogP contribution in [0.3, 0.4) is 0 Å². The second kappa shape index (κ2) is 8.41. The average Bonchev–Trinajstić information content (AvgIpc) is 2.89. The number of amides is 2. The molecule has 3 heterocycles. The van der Waals surface area contributed by atoms with Gasteiger partial charge in [0.15, 0.2) is 0 Å². The van der Waals surface area contributed by atoms with Crippen molar-refractivity contribution in [3.8, 4) is 0 Å². The van der Waals surface area contributed by atoms with Crippen LogP contribution in [0, 0.1) is 0 Å². The molecule has 1 aromatic carbocycles. The minimum absolute atomic E-state index is 0.0545. The Morgan fingerprint density at radius 2 is 1.76 bits per heavy atom. The second-order valence-electron chi connectivity index (χ2n) is 7.50. The van der Waals surface area contributed by atoms with Gasteiger partial charge in [-0.15, -0.1) is 0 Å². The molecule has 0 atom stereocenters. The molecule has 0 unspecified atom stereocenters. The Morgan fingerprint density at radius 3 is 2.52 bits per heavy atom. The fourth-order valence-corrected chi connectivity index (χ4v) is 4.11. The predicted molar refractivity (Wildman–Crippen MR) is 108 cm³/mol. The first-order chi connectivity index (χ1) is 14.0. The summed E-state index contributed by atoms with van der Waals surface area (Å²) in [5.74, 6) is 0.543. The van der Waals surface area contributed by atoms with Crippen molar-refractivity contribution in [3.05, 3.63) is 51.2 Å². The number of halogens is 1. The third kappa shape index (κ3) is 4.22. The van der Waals surface area contributed by atoms with Gasteiger partial charge in [0.25, 0.3) is 5.91 Å². The number of hydrogen-bond acceptors (Lipinski definition) is 4. The zero-order chi connectivity index (χ0) is 20.4. The molecule has 2 amide bonds. The van der Waals surface area contributed by atoms with E-state index in [1.807, 2.05) is 0 Å². The molecule has 1 saturated heterocycles. The molecule has 8 nitrogen and oxygen atoms in total. The van der Waals surface area contributed by atoms with E-state index in [9.17, 15) is 14.4 Å². The first-order valence-electron chi connectivity index (χ1n) is 10.0. The lowest BCUT2D eigenvalue weighted by Crippen LogP contribution is -2.51. The van der Waals surface area contributed by atoms with Gasteiger partial charge in [0, 0.05) is 49.7 Å². The topological polar surface area (TPSA) is 80.4 Å². The molecule has 1 fully saturated rings. The van der Waals surface area contributed by atoms with Crippen molar-refractivity contribution in [3.63, 3.8) is 0 Å². The predicted octanol–water partition coefficient (Wildman–Crippen LogP) is 1.41. The molecule has 0 saturated carbocycles. The van der Waals surface area contributed by atoms with Gasteiger partial charge >= 0.3 is 5.69 Å². The highest BCUT2D eigenvalue weighted by atomic mass is 35.5. The maximum absolute atomic E-state index is 12.7. The van der Waals surface area contributed by atoms with Crippen LogP contribution in [0.25, 0.3) is 0 Å². The van der Waals surface area contributed by atoms with Crippen LogP contribution in [0.1, 0.15) is 35.4 Å². The van der Waals surface area contributed by atoms with Crippen LogP contribution in [0.2, 0.25) is 5.02 Å². The van der Waals surface area contributed by atoms with E-state index < -0.39 is 0 Å². The molecule has 154 valence electrons. The van der Waals surface area contributed by atoms with E-state index in [2.05, 4.69) is 5.10 Å². The van der Waals surface area contributed by atoms with E-state index >= 15 is 0 Å². The van der Waals surface area contributed by atoms with Gasteiger partial charge in [-0.1, -0.05) is 24.1 Å². The minimum Gasteiger partial charge on any atom is -0.338 e. The summed E-state index contributed by atoms with van der Waals surface area (Å²) in [6.45, 7) is 2.39. The highest BCUT2D eigenvalue weighted by Crippen LogP contribution is 2.15. The highest BCUT2D eigenvalue weighted by molar-refractivity contribution is 6.30. The minimum atomic E-state index is -0.204. The monoisotopic (exact) mass is 417 g/mol. The molecule has 2 aliphatic heterocycles. The summed E-state index contributed by atoms with van der Waals surface area (Å²) >= 11 is 5.97. The maximum Gasteiger partial charge on any atom is 0.346 e. The summed E-state index contributed by atoms with van der Waals surface area (Å²) in [4.78, 5) is 41.3. The molecule has 9 heteroatoms. The lowest BCUT2D eigenvalue weighted by Gasteiger charge is -2.34. The van der Waals surface area contributed by atoms with Gasteiger partial charge in [-0.05, 0) is 31.0 Å². The number of aromatic nitrogens is 3. The van der Waals surface area contributed by atoms with Gasteiger partial charge in [-0.3, -0.25) is 14.2 Å². The molecule has 29 heavy (non-hydrogen) atoms. The van der Waals surface area contributed by atoms with E-state index in [4.69, 9.17) is 11.6 Å². The Labute approximate surface area is 173 Å². The average molecular weight is 418 g/mol. The van der Waals surface area contributed by atoms with E-state index in [0.717, 1.165) is 31.5 Å². The molecule has 0 aliphatic carbocycles. The second-order valence-corrected chi connectivity index (χ2v) is 7.94. The first-order valence-corrected chi connectivity index (χ1v) is 10.4. The Hall–Kier alpha value is -2.61.